The molecule has 0 unspecified atom stereocenters. The van der Waals surface area contributed by atoms with E-state index in [1.807, 2.05) is 32.0 Å². The number of hydrogen-bond acceptors (Lipinski definition) is 3. The van der Waals surface area contributed by atoms with E-state index < -0.39 is 0 Å². The third kappa shape index (κ3) is 4.02. The summed E-state index contributed by atoms with van der Waals surface area (Å²) in [5, 5.41) is 12.3. The molecule has 1 aromatic heterocycles. The van der Waals surface area contributed by atoms with E-state index in [0.717, 1.165) is 42.1 Å². The van der Waals surface area contributed by atoms with Gasteiger partial charge in [-0.15, -0.1) is 0 Å². The minimum absolute atomic E-state index is 0.0539. The summed E-state index contributed by atoms with van der Waals surface area (Å²) in [7, 11) is 0. The van der Waals surface area contributed by atoms with Crippen LogP contribution < -0.4 is 5.32 Å². The summed E-state index contributed by atoms with van der Waals surface area (Å²) < 4.78 is 7.70. The Morgan fingerprint density at radius 2 is 2.14 bits per heavy atom. The van der Waals surface area contributed by atoms with Gasteiger partial charge in [0.05, 0.1) is 6.10 Å². The zero-order valence-electron chi connectivity index (χ0n) is 17.0. The lowest BCUT2D eigenvalue weighted by molar-refractivity contribution is -0.117. The van der Waals surface area contributed by atoms with Crippen molar-refractivity contribution < 1.29 is 9.53 Å². The van der Waals surface area contributed by atoms with E-state index in [9.17, 15) is 10.1 Å². The molecule has 1 amide bonds. The molecule has 2 aromatic rings. The minimum Gasteiger partial charge on any atom is -0.376 e. The smallest absolute Gasteiger partial charge is 0.262 e. The lowest BCUT2D eigenvalue weighted by atomic mass is 10.1. The predicted molar refractivity (Wildman–Crippen MR) is 110 cm³/mol. The second-order valence-corrected chi connectivity index (χ2v) is 7.40. The molecule has 3 rings (SSSR count). The molecule has 1 fully saturated rings. The molecule has 2 heterocycles. The molecule has 1 aliphatic rings. The summed E-state index contributed by atoms with van der Waals surface area (Å²) in [4.78, 5) is 12.4. The number of ether oxygens (including phenoxy) is 1. The van der Waals surface area contributed by atoms with Gasteiger partial charge in [0.2, 0.25) is 0 Å². The highest BCUT2D eigenvalue weighted by atomic mass is 16.5. The molecule has 0 aliphatic carbocycles. The average molecular weight is 377 g/mol. The van der Waals surface area contributed by atoms with Gasteiger partial charge in [-0.1, -0.05) is 12.1 Å². The molecule has 146 valence electrons. The zero-order valence-corrected chi connectivity index (χ0v) is 17.0. The van der Waals surface area contributed by atoms with Crippen LogP contribution in [0.15, 0.2) is 29.8 Å². The van der Waals surface area contributed by atoms with Gasteiger partial charge in [0.1, 0.15) is 11.6 Å². The third-order valence-corrected chi connectivity index (χ3v) is 5.47. The number of nitrogens with zero attached hydrogens (tertiary/aromatic N) is 2. The summed E-state index contributed by atoms with van der Waals surface area (Å²) in [5.41, 5.74) is 6.63. The Morgan fingerprint density at radius 1 is 1.36 bits per heavy atom. The number of hydrogen-bond donors (Lipinski definition) is 1. The van der Waals surface area contributed by atoms with Gasteiger partial charge in [0.25, 0.3) is 5.91 Å². The van der Waals surface area contributed by atoms with Crippen LogP contribution in [0, 0.1) is 39.0 Å². The van der Waals surface area contributed by atoms with Gasteiger partial charge >= 0.3 is 0 Å². The Hall–Kier alpha value is -2.84. The lowest BCUT2D eigenvalue weighted by Gasteiger charge is -2.14. The molecule has 28 heavy (non-hydrogen) atoms. The molecule has 1 aromatic carbocycles. The molecule has 1 atom stereocenters. The highest BCUT2D eigenvalue weighted by Crippen LogP contribution is 2.26. The number of nitriles is 1. The standard InChI is InChI=1S/C23H27N3O2/c1-15-7-5-9-22(17(15)3)26-16(2)11-19(18(26)4)12-20(13-24)23(27)25-14-21-8-6-10-28-21/h5,7,9,11-12,21H,6,8,10,14H2,1-4H3,(H,25,27)/b20-12+/t21-/m1/s1. The molecular formula is C23H27N3O2. The van der Waals surface area contributed by atoms with Crippen LogP contribution in [0.3, 0.4) is 0 Å². The molecule has 0 saturated carbocycles. The van der Waals surface area contributed by atoms with Crippen LogP contribution in [0.1, 0.15) is 40.9 Å². The fraction of sp³-hybridized carbons (Fsp3) is 0.391. The van der Waals surface area contributed by atoms with Crippen LogP contribution in [0.4, 0.5) is 0 Å². The van der Waals surface area contributed by atoms with E-state index in [4.69, 9.17) is 4.74 Å². The van der Waals surface area contributed by atoms with Gasteiger partial charge in [-0.2, -0.15) is 5.26 Å². The number of benzene rings is 1. The van der Waals surface area contributed by atoms with Crippen LogP contribution in [0.25, 0.3) is 11.8 Å². The first-order chi connectivity index (χ1) is 13.4. The van der Waals surface area contributed by atoms with Gasteiger partial charge in [-0.05, 0) is 75.4 Å². The quantitative estimate of drug-likeness (QED) is 0.634. The minimum atomic E-state index is -0.352. The van der Waals surface area contributed by atoms with E-state index in [1.165, 1.54) is 11.1 Å². The van der Waals surface area contributed by atoms with Crippen molar-refractivity contribution in [2.24, 2.45) is 0 Å². The molecule has 5 heteroatoms. The van der Waals surface area contributed by atoms with Gasteiger partial charge in [-0.3, -0.25) is 4.79 Å². The Morgan fingerprint density at radius 3 is 2.82 bits per heavy atom. The van der Waals surface area contributed by atoms with Crippen LogP contribution in [0.5, 0.6) is 0 Å². The molecule has 0 radical (unpaired) electrons. The number of carbonyl (C=O) groups is 1. The first kappa shape index (κ1) is 19.9. The molecule has 0 spiro atoms. The molecule has 1 N–H and O–H groups in total. The van der Waals surface area contributed by atoms with Crippen molar-refractivity contribution in [3.05, 3.63) is 57.9 Å². The number of amides is 1. The lowest BCUT2D eigenvalue weighted by Crippen LogP contribution is -2.32. The summed E-state index contributed by atoms with van der Waals surface area (Å²) >= 11 is 0. The number of nitrogens with one attached hydrogen (secondary N) is 1. The average Bonchev–Trinajstić information content (AvgIpc) is 3.28. The van der Waals surface area contributed by atoms with Crippen molar-refractivity contribution in [3.8, 4) is 11.8 Å². The van der Waals surface area contributed by atoms with E-state index >= 15 is 0 Å². The first-order valence-electron chi connectivity index (χ1n) is 9.69. The maximum atomic E-state index is 12.4. The zero-order chi connectivity index (χ0) is 20.3. The number of aryl methyl sites for hydroxylation is 2. The molecule has 1 saturated heterocycles. The highest BCUT2D eigenvalue weighted by Gasteiger charge is 2.18. The summed E-state index contributed by atoms with van der Waals surface area (Å²) in [6.45, 7) is 9.44. The summed E-state index contributed by atoms with van der Waals surface area (Å²) in [6.07, 6.45) is 3.70. The van der Waals surface area contributed by atoms with Crippen molar-refractivity contribution in [2.45, 2.75) is 46.6 Å². The van der Waals surface area contributed by atoms with E-state index in [1.54, 1.807) is 6.08 Å². The fourth-order valence-corrected chi connectivity index (χ4v) is 3.69. The third-order valence-electron chi connectivity index (χ3n) is 5.47. The van der Waals surface area contributed by atoms with Crippen molar-refractivity contribution in [1.82, 2.24) is 9.88 Å². The van der Waals surface area contributed by atoms with Crippen LogP contribution in [-0.4, -0.2) is 29.7 Å². The Labute approximate surface area is 166 Å². The predicted octanol–water partition coefficient (Wildman–Crippen LogP) is 3.91. The number of carbonyl (C=O) groups excluding carboxylic acids is 1. The summed E-state index contributed by atoms with van der Waals surface area (Å²) in [5.74, 6) is -0.352. The topological polar surface area (TPSA) is 67.0 Å². The van der Waals surface area contributed by atoms with Gasteiger partial charge < -0.3 is 14.6 Å². The van der Waals surface area contributed by atoms with Crippen LogP contribution >= 0.6 is 0 Å². The first-order valence-corrected chi connectivity index (χ1v) is 9.69. The van der Waals surface area contributed by atoms with Crippen molar-refractivity contribution in [2.75, 3.05) is 13.2 Å². The summed E-state index contributed by atoms with van der Waals surface area (Å²) in [6, 6.07) is 10.3. The van der Waals surface area contributed by atoms with E-state index in [0.29, 0.717) is 6.54 Å². The Kier molecular flexibility index (Phi) is 6.01. The molecular weight excluding hydrogens is 350 g/mol. The van der Waals surface area contributed by atoms with Gasteiger partial charge in [0.15, 0.2) is 0 Å². The second-order valence-electron chi connectivity index (χ2n) is 7.40. The maximum Gasteiger partial charge on any atom is 0.262 e. The fourth-order valence-electron chi connectivity index (χ4n) is 3.69. The van der Waals surface area contributed by atoms with E-state index in [-0.39, 0.29) is 17.6 Å². The number of aromatic nitrogens is 1. The van der Waals surface area contributed by atoms with E-state index in [2.05, 4.69) is 35.9 Å². The molecule has 1 aliphatic heterocycles. The van der Waals surface area contributed by atoms with Crippen molar-refractivity contribution >= 4 is 12.0 Å². The van der Waals surface area contributed by atoms with Crippen LogP contribution in [-0.2, 0) is 9.53 Å². The molecule has 0 bridgehead atoms. The Bertz CT molecular complexity index is 957. The maximum absolute atomic E-state index is 12.4. The van der Waals surface area contributed by atoms with Crippen molar-refractivity contribution in [1.29, 1.82) is 5.26 Å². The SMILES string of the molecule is Cc1cccc(-n2c(C)cc(/C=C(\C#N)C(=O)NC[C@H]3CCCO3)c2C)c1C. The highest BCUT2D eigenvalue weighted by molar-refractivity contribution is 6.01. The number of rotatable bonds is 5. The van der Waals surface area contributed by atoms with Gasteiger partial charge in [-0.25, -0.2) is 0 Å². The molecule has 5 nitrogen and oxygen atoms in total. The normalized spacial score (nSPS) is 16.8. The van der Waals surface area contributed by atoms with Gasteiger partial charge in [0, 0.05) is 30.2 Å². The van der Waals surface area contributed by atoms with Crippen LogP contribution in [0.2, 0.25) is 0 Å². The Balaban J connectivity index is 1.87. The largest absolute Gasteiger partial charge is 0.376 e. The van der Waals surface area contributed by atoms with Crippen molar-refractivity contribution in [3.63, 3.8) is 0 Å². The monoisotopic (exact) mass is 377 g/mol. The second kappa shape index (κ2) is 8.45.